The molecule has 0 aliphatic carbocycles. The van der Waals surface area contributed by atoms with Crippen LogP contribution in [-0.4, -0.2) is 43.4 Å². The minimum atomic E-state index is 0.0625. The second-order valence-corrected chi connectivity index (χ2v) is 4.65. The summed E-state index contributed by atoms with van der Waals surface area (Å²) in [6.07, 6.45) is 1.49. The molecule has 17 heavy (non-hydrogen) atoms. The number of carbonyl (C=O) groups excluding carboxylic acids is 1. The molecule has 1 fully saturated rings. The number of ketones is 1. The van der Waals surface area contributed by atoms with E-state index in [0.29, 0.717) is 12.2 Å². The number of benzene rings is 1. The van der Waals surface area contributed by atoms with E-state index in [0.717, 1.165) is 26.1 Å². The van der Waals surface area contributed by atoms with E-state index in [1.54, 1.807) is 0 Å². The Morgan fingerprint density at radius 3 is 2.88 bits per heavy atom. The fourth-order valence-electron chi connectivity index (χ4n) is 2.24. The summed E-state index contributed by atoms with van der Waals surface area (Å²) in [5, 5.41) is 3.28. The second-order valence-electron chi connectivity index (χ2n) is 4.65. The Morgan fingerprint density at radius 1 is 1.41 bits per heavy atom. The van der Waals surface area contributed by atoms with Crippen LogP contribution in [0.4, 0.5) is 0 Å². The van der Waals surface area contributed by atoms with Gasteiger partial charge in [0.2, 0.25) is 0 Å². The van der Waals surface area contributed by atoms with Crippen molar-refractivity contribution in [2.75, 3.05) is 26.7 Å². The van der Waals surface area contributed by atoms with E-state index in [2.05, 4.69) is 22.3 Å². The predicted molar refractivity (Wildman–Crippen MR) is 69.1 cm³/mol. The Bertz CT molecular complexity index is 364. The molecule has 0 saturated carbocycles. The lowest BCUT2D eigenvalue weighted by molar-refractivity contribution is -0.124. The number of nitrogens with zero attached hydrogens (tertiary/aromatic N) is 1. The molecular formula is C14H20N2O. The molecule has 2 rings (SSSR count). The highest BCUT2D eigenvalue weighted by molar-refractivity contribution is 5.84. The van der Waals surface area contributed by atoms with Crippen molar-refractivity contribution in [1.82, 2.24) is 10.2 Å². The first-order chi connectivity index (χ1) is 8.27. The SMILES string of the molecule is CN1CCNCC1C(=O)CCc1ccccc1. The molecule has 1 aliphatic heterocycles. The number of aryl methyl sites for hydroxylation is 1. The highest BCUT2D eigenvalue weighted by atomic mass is 16.1. The maximum absolute atomic E-state index is 12.1. The summed E-state index contributed by atoms with van der Waals surface area (Å²) in [5.74, 6) is 0.351. The molecule has 0 amide bonds. The van der Waals surface area contributed by atoms with Crippen LogP contribution < -0.4 is 5.32 Å². The molecular weight excluding hydrogens is 212 g/mol. The summed E-state index contributed by atoms with van der Waals surface area (Å²) in [4.78, 5) is 14.3. The number of Topliss-reactive ketones (excluding diaryl/α,β-unsaturated/α-hetero) is 1. The molecule has 1 N–H and O–H groups in total. The lowest BCUT2D eigenvalue weighted by Gasteiger charge is -2.31. The molecule has 0 bridgehead atoms. The Labute approximate surface area is 103 Å². The van der Waals surface area contributed by atoms with E-state index < -0.39 is 0 Å². The summed E-state index contributed by atoms with van der Waals surface area (Å²) >= 11 is 0. The molecule has 3 heteroatoms. The monoisotopic (exact) mass is 232 g/mol. The minimum absolute atomic E-state index is 0.0625. The lowest BCUT2D eigenvalue weighted by atomic mass is 10.0. The number of nitrogens with one attached hydrogen (secondary N) is 1. The quantitative estimate of drug-likeness (QED) is 0.843. The molecule has 1 atom stereocenters. The summed E-state index contributed by atoms with van der Waals surface area (Å²) in [7, 11) is 2.03. The Kier molecular flexibility index (Phi) is 4.29. The molecule has 3 nitrogen and oxygen atoms in total. The van der Waals surface area contributed by atoms with Crippen molar-refractivity contribution in [3.05, 3.63) is 35.9 Å². The molecule has 0 radical (unpaired) electrons. The average molecular weight is 232 g/mol. The standard InChI is InChI=1S/C14H20N2O/c1-16-10-9-15-11-13(16)14(17)8-7-12-5-3-2-4-6-12/h2-6,13,15H,7-11H2,1H3. The second kappa shape index (κ2) is 5.94. The molecule has 1 saturated heterocycles. The van der Waals surface area contributed by atoms with E-state index in [1.165, 1.54) is 5.56 Å². The van der Waals surface area contributed by atoms with Gasteiger partial charge in [0.05, 0.1) is 6.04 Å². The van der Waals surface area contributed by atoms with Gasteiger partial charge >= 0.3 is 0 Å². The summed E-state index contributed by atoms with van der Waals surface area (Å²) in [6.45, 7) is 2.74. The van der Waals surface area contributed by atoms with Crippen LogP contribution in [0.3, 0.4) is 0 Å². The van der Waals surface area contributed by atoms with Gasteiger partial charge in [-0.05, 0) is 19.0 Å². The first-order valence-electron chi connectivity index (χ1n) is 6.25. The smallest absolute Gasteiger partial charge is 0.151 e. The number of piperazine rings is 1. The molecule has 1 aromatic rings. The van der Waals surface area contributed by atoms with Crippen LogP contribution in [-0.2, 0) is 11.2 Å². The van der Waals surface area contributed by atoms with Gasteiger partial charge in [-0.2, -0.15) is 0 Å². The lowest BCUT2D eigenvalue weighted by Crippen LogP contribution is -2.53. The summed E-state index contributed by atoms with van der Waals surface area (Å²) in [6, 6.07) is 10.3. The maximum atomic E-state index is 12.1. The number of carbonyl (C=O) groups is 1. The molecule has 0 spiro atoms. The molecule has 0 aromatic heterocycles. The van der Waals surface area contributed by atoms with Gasteiger partial charge in [0.15, 0.2) is 5.78 Å². The van der Waals surface area contributed by atoms with Crippen LogP contribution in [0.5, 0.6) is 0 Å². The largest absolute Gasteiger partial charge is 0.313 e. The zero-order valence-corrected chi connectivity index (χ0v) is 10.4. The maximum Gasteiger partial charge on any atom is 0.151 e. The number of rotatable bonds is 4. The van der Waals surface area contributed by atoms with Crippen LogP contribution in [0.1, 0.15) is 12.0 Å². The number of hydrogen-bond acceptors (Lipinski definition) is 3. The van der Waals surface area contributed by atoms with Gasteiger partial charge in [-0.1, -0.05) is 30.3 Å². The van der Waals surface area contributed by atoms with Crippen LogP contribution in [0.15, 0.2) is 30.3 Å². The van der Waals surface area contributed by atoms with Gasteiger partial charge < -0.3 is 5.32 Å². The first kappa shape index (κ1) is 12.3. The van der Waals surface area contributed by atoms with Crippen molar-refractivity contribution >= 4 is 5.78 Å². The molecule has 1 heterocycles. The van der Waals surface area contributed by atoms with Crippen molar-refractivity contribution in [2.24, 2.45) is 0 Å². The highest BCUT2D eigenvalue weighted by Gasteiger charge is 2.24. The molecule has 1 unspecified atom stereocenters. The van der Waals surface area contributed by atoms with Crippen LogP contribution in [0.25, 0.3) is 0 Å². The predicted octanol–water partition coefficient (Wildman–Crippen LogP) is 1.09. The zero-order chi connectivity index (χ0) is 12.1. The van der Waals surface area contributed by atoms with Crippen molar-refractivity contribution in [3.8, 4) is 0 Å². The summed E-state index contributed by atoms with van der Waals surface area (Å²) < 4.78 is 0. The van der Waals surface area contributed by atoms with Crippen molar-refractivity contribution < 1.29 is 4.79 Å². The van der Waals surface area contributed by atoms with Gasteiger partial charge in [0.25, 0.3) is 0 Å². The van der Waals surface area contributed by atoms with Crippen molar-refractivity contribution in [1.29, 1.82) is 0 Å². The summed E-state index contributed by atoms with van der Waals surface area (Å²) in [5.41, 5.74) is 1.24. The molecule has 1 aromatic carbocycles. The van der Waals surface area contributed by atoms with Crippen LogP contribution in [0.2, 0.25) is 0 Å². The van der Waals surface area contributed by atoms with Gasteiger partial charge in [-0.25, -0.2) is 0 Å². The molecule has 1 aliphatic rings. The van der Waals surface area contributed by atoms with Gasteiger partial charge in [-0.15, -0.1) is 0 Å². The van der Waals surface area contributed by atoms with E-state index in [-0.39, 0.29) is 6.04 Å². The third-order valence-electron chi connectivity index (χ3n) is 3.39. The van der Waals surface area contributed by atoms with E-state index in [9.17, 15) is 4.79 Å². The van der Waals surface area contributed by atoms with Crippen molar-refractivity contribution in [3.63, 3.8) is 0 Å². The fraction of sp³-hybridized carbons (Fsp3) is 0.500. The highest BCUT2D eigenvalue weighted by Crippen LogP contribution is 2.08. The van der Waals surface area contributed by atoms with E-state index in [4.69, 9.17) is 0 Å². The third kappa shape index (κ3) is 3.38. The third-order valence-corrected chi connectivity index (χ3v) is 3.39. The number of hydrogen-bond donors (Lipinski definition) is 1. The van der Waals surface area contributed by atoms with Gasteiger partial charge in [0, 0.05) is 26.1 Å². The van der Waals surface area contributed by atoms with Crippen LogP contribution >= 0.6 is 0 Å². The normalized spacial score (nSPS) is 21.4. The van der Waals surface area contributed by atoms with E-state index >= 15 is 0 Å². The zero-order valence-electron chi connectivity index (χ0n) is 10.4. The van der Waals surface area contributed by atoms with E-state index in [1.807, 2.05) is 25.2 Å². The van der Waals surface area contributed by atoms with Gasteiger partial charge in [-0.3, -0.25) is 9.69 Å². The fourth-order valence-corrected chi connectivity index (χ4v) is 2.24. The van der Waals surface area contributed by atoms with Crippen LogP contribution in [0, 0.1) is 0 Å². The first-order valence-corrected chi connectivity index (χ1v) is 6.25. The van der Waals surface area contributed by atoms with Gasteiger partial charge in [0.1, 0.15) is 0 Å². The van der Waals surface area contributed by atoms with Crippen molar-refractivity contribution in [2.45, 2.75) is 18.9 Å². The Morgan fingerprint density at radius 2 is 2.18 bits per heavy atom. The topological polar surface area (TPSA) is 32.3 Å². The number of likely N-dealkylation sites (N-methyl/N-ethyl adjacent to an activating group) is 1. The minimum Gasteiger partial charge on any atom is -0.313 e. The Balaban J connectivity index is 1.84. The Hall–Kier alpha value is -1.19. The molecule has 92 valence electrons. The average Bonchev–Trinajstić information content (AvgIpc) is 2.38.